The summed E-state index contributed by atoms with van der Waals surface area (Å²) in [6, 6.07) is 6.40. The topological polar surface area (TPSA) is 94.5 Å². The van der Waals surface area contributed by atoms with Crippen LogP contribution in [0.2, 0.25) is 0 Å². The second-order valence-electron chi connectivity index (χ2n) is 8.55. The van der Waals surface area contributed by atoms with E-state index in [2.05, 4.69) is 42.3 Å². The van der Waals surface area contributed by atoms with Crippen molar-refractivity contribution >= 4 is 22.5 Å². The van der Waals surface area contributed by atoms with Crippen LogP contribution in [0.3, 0.4) is 0 Å². The van der Waals surface area contributed by atoms with Crippen LogP contribution in [0.1, 0.15) is 31.5 Å². The Hall–Kier alpha value is -3.20. The van der Waals surface area contributed by atoms with E-state index in [9.17, 15) is 0 Å². The first kappa shape index (κ1) is 21.6. The van der Waals surface area contributed by atoms with Crippen LogP contribution in [0.15, 0.2) is 30.6 Å². The van der Waals surface area contributed by atoms with E-state index in [0.29, 0.717) is 17.7 Å². The van der Waals surface area contributed by atoms with Crippen molar-refractivity contribution in [2.75, 3.05) is 43.6 Å². The predicted molar refractivity (Wildman–Crippen MR) is 126 cm³/mol. The number of benzene rings is 1. The smallest absolute Gasteiger partial charge is 0.218 e. The van der Waals surface area contributed by atoms with Gasteiger partial charge in [0, 0.05) is 49.3 Å². The zero-order valence-electron chi connectivity index (χ0n) is 19.2. The molecule has 1 N–H and O–H groups in total. The summed E-state index contributed by atoms with van der Waals surface area (Å²) < 4.78 is 17.3. The molecular weight excluding hydrogens is 420 g/mol. The number of methoxy groups -OCH3 is 1. The Morgan fingerprint density at radius 3 is 2.58 bits per heavy atom. The van der Waals surface area contributed by atoms with Gasteiger partial charge in [-0.1, -0.05) is 0 Å². The number of ether oxygens (including phenoxy) is 3. The summed E-state index contributed by atoms with van der Waals surface area (Å²) in [7, 11) is 1.62. The quantitative estimate of drug-likeness (QED) is 0.606. The molecule has 1 aromatic carbocycles. The maximum Gasteiger partial charge on any atom is 0.218 e. The monoisotopic (exact) mass is 450 g/mol. The first-order valence-corrected chi connectivity index (χ1v) is 11.6. The first-order valence-electron chi connectivity index (χ1n) is 11.6. The van der Waals surface area contributed by atoms with Crippen LogP contribution in [0.4, 0.5) is 11.5 Å². The van der Waals surface area contributed by atoms with Gasteiger partial charge in [0.25, 0.3) is 0 Å². The van der Waals surface area contributed by atoms with E-state index in [1.54, 1.807) is 19.5 Å². The van der Waals surface area contributed by atoms with Crippen molar-refractivity contribution in [1.29, 1.82) is 0 Å². The molecule has 1 saturated heterocycles. The average Bonchev–Trinajstić information content (AvgIpc) is 2.85. The largest absolute Gasteiger partial charge is 0.488 e. The van der Waals surface area contributed by atoms with E-state index in [1.807, 2.05) is 13.0 Å². The lowest BCUT2D eigenvalue weighted by molar-refractivity contribution is 0.122. The van der Waals surface area contributed by atoms with Gasteiger partial charge in [0.1, 0.15) is 22.9 Å². The van der Waals surface area contributed by atoms with E-state index >= 15 is 0 Å². The second-order valence-corrected chi connectivity index (χ2v) is 8.55. The van der Waals surface area contributed by atoms with E-state index < -0.39 is 0 Å². The number of nitrogens with zero attached hydrogens (tertiary/aromatic N) is 5. The van der Waals surface area contributed by atoms with Crippen LogP contribution >= 0.6 is 0 Å². The summed E-state index contributed by atoms with van der Waals surface area (Å²) in [5, 5.41) is 3.54. The van der Waals surface area contributed by atoms with Gasteiger partial charge >= 0.3 is 0 Å². The molecule has 0 unspecified atom stereocenters. The molecule has 3 heterocycles. The van der Waals surface area contributed by atoms with Crippen molar-refractivity contribution in [3.05, 3.63) is 36.4 Å². The van der Waals surface area contributed by atoms with Crippen LogP contribution in [0, 0.1) is 6.92 Å². The molecule has 2 fully saturated rings. The Labute approximate surface area is 193 Å². The average molecular weight is 451 g/mol. The van der Waals surface area contributed by atoms with Crippen LogP contribution in [0.25, 0.3) is 11.0 Å². The molecule has 0 spiro atoms. The number of nitrogens with one attached hydrogen (secondary N) is 1. The highest BCUT2D eigenvalue weighted by Crippen LogP contribution is 2.33. The summed E-state index contributed by atoms with van der Waals surface area (Å²) in [4.78, 5) is 20.2. The van der Waals surface area contributed by atoms with Crippen LogP contribution in [0.5, 0.6) is 11.6 Å². The van der Waals surface area contributed by atoms with Crippen molar-refractivity contribution in [3.8, 4) is 11.6 Å². The fourth-order valence-corrected chi connectivity index (χ4v) is 4.56. The normalized spacial score (nSPS) is 21.1. The van der Waals surface area contributed by atoms with E-state index in [4.69, 9.17) is 14.2 Å². The lowest BCUT2D eigenvalue weighted by Gasteiger charge is -2.31. The number of aromatic nitrogens is 4. The standard InChI is InChI=1S/C24H30N6O3/c1-16-27-22(15-23(28-16)31-2)29-17-3-5-19(6-4-17)33-21-14-18(30-9-11-32-12-10-30)13-20-24(21)26-8-7-25-20/h7-8,13-15,17,19H,3-6,9-12H2,1-2H3,(H,27,28,29)/t17-,19+. The fourth-order valence-electron chi connectivity index (χ4n) is 4.56. The van der Waals surface area contributed by atoms with Gasteiger partial charge in [-0.05, 0) is 38.7 Å². The van der Waals surface area contributed by atoms with Crippen molar-refractivity contribution < 1.29 is 14.2 Å². The maximum atomic E-state index is 6.52. The predicted octanol–water partition coefficient (Wildman–Crippen LogP) is 3.38. The second kappa shape index (κ2) is 9.74. The molecule has 174 valence electrons. The number of fused-ring (bicyclic) bond motifs is 1. The Morgan fingerprint density at radius 2 is 1.79 bits per heavy atom. The van der Waals surface area contributed by atoms with Crippen LogP contribution in [-0.4, -0.2) is 65.5 Å². The molecule has 0 radical (unpaired) electrons. The molecule has 1 aliphatic carbocycles. The SMILES string of the molecule is COc1cc(N[C@H]2CC[C@@H](Oc3cc(N4CCOCC4)cc4nccnc34)CC2)nc(C)n1. The number of hydrogen-bond acceptors (Lipinski definition) is 9. The highest BCUT2D eigenvalue weighted by Gasteiger charge is 2.24. The maximum absolute atomic E-state index is 6.52. The van der Waals surface area contributed by atoms with Crippen molar-refractivity contribution in [1.82, 2.24) is 19.9 Å². The van der Waals surface area contributed by atoms with Gasteiger partial charge in [0.15, 0.2) is 0 Å². The van der Waals surface area contributed by atoms with Crippen molar-refractivity contribution in [2.45, 2.75) is 44.8 Å². The third-order valence-electron chi connectivity index (χ3n) is 6.24. The molecule has 9 heteroatoms. The zero-order chi connectivity index (χ0) is 22.6. The number of aryl methyl sites for hydroxylation is 1. The number of morpholine rings is 1. The minimum absolute atomic E-state index is 0.148. The van der Waals surface area contributed by atoms with E-state index in [1.165, 1.54) is 0 Å². The third kappa shape index (κ3) is 5.08. The van der Waals surface area contributed by atoms with Crippen LogP contribution < -0.4 is 19.7 Å². The van der Waals surface area contributed by atoms with Gasteiger partial charge in [0.2, 0.25) is 5.88 Å². The number of rotatable bonds is 6. The number of anilines is 2. The van der Waals surface area contributed by atoms with Gasteiger partial charge in [0.05, 0.1) is 31.9 Å². The first-order chi connectivity index (χ1) is 16.2. The molecule has 33 heavy (non-hydrogen) atoms. The molecule has 0 amide bonds. The molecule has 1 saturated carbocycles. The van der Waals surface area contributed by atoms with Gasteiger partial charge < -0.3 is 24.4 Å². The molecule has 0 atom stereocenters. The third-order valence-corrected chi connectivity index (χ3v) is 6.24. The molecular formula is C24H30N6O3. The molecule has 2 aliphatic rings. The Bertz CT molecular complexity index is 1100. The summed E-state index contributed by atoms with van der Waals surface area (Å²) in [5.74, 6) is 2.90. The van der Waals surface area contributed by atoms with Gasteiger partial charge in [-0.2, -0.15) is 4.98 Å². The summed E-state index contributed by atoms with van der Waals surface area (Å²) in [5.41, 5.74) is 2.79. The van der Waals surface area contributed by atoms with Crippen LogP contribution in [-0.2, 0) is 4.74 Å². The fraction of sp³-hybridized carbons (Fsp3) is 0.500. The Balaban J connectivity index is 1.26. The van der Waals surface area contributed by atoms with E-state index in [-0.39, 0.29) is 6.10 Å². The summed E-state index contributed by atoms with van der Waals surface area (Å²) in [6.07, 6.45) is 7.53. The summed E-state index contributed by atoms with van der Waals surface area (Å²) >= 11 is 0. The summed E-state index contributed by atoms with van der Waals surface area (Å²) in [6.45, 7) is 5.09. The molecule has 3 aromatic rings. The van der Waals surface area contributed by atoms with Crippen molar-refractivity contribution in [2.24, 2.45) is 0 Å². The molecule has 0 bridgehead atoms. The minimum atomic E-state index is 0.148. The van der Waals surface area contributed by atoms with Crippen molar-refractivity contribution in [3.63, 3.8) is 0 Å². The lowest BCUT2D eigenvalue weighted by Crippen LogP contribution is -2.36. The minimum Gasteiger partial charge on any atom is -0.488 e. The Morgan fingerprint density at radius 1 is 1.00 bits per heavy atom. The van der Waals surface area contributed by atoms with Gasteiger partial charge in [-0.15, -0.1) is 0 Å². The molecule has 2 aromatic heterocycles. The Kier molecular flexibility index (Phi) is 6.39. The zero-order valence-corrected chi connectivity index (χ0v) is 19.2. The highest BCUT2D eigenvalue weighted by atomic mass is 16.5. The number of hydrogen-bond donors (Lipinski definition) is 1. The molecule has 1 aliphatic heterocycles. The van der Waals surface area contributed by atoms with E-state index in [0.717, 1.165) is 80.3 Å². The van der Waals surface area contributed by atoms with Gasteiger partial charge in [-0.25, -0.2) is 9.97 Å². The lowest BCUT2D eigenvalue weighted by atomic mass is 9.93. The molecule has 9 nitrogen and oxygen atoms in total. The highest BCUT2D eigenvalue weighted by molar-refractivity contribution is 5.85. The molecule has 5 rings (SSSR count). The van der Waals surface area contributed by atoms with Gasteiger partial charge in [-0.3, -0.25) is 4.98 Å².